The summed E-state index contributed by atoms with van der Waals surface area (Å²) in [6.45, 7) is 5.70. The molecule has 5 nitrogen and oxygen atoms in total. The number of carbonyl (C=O) groups is 1. The monoisotopic (exact) mass is 294 g/mol. The van der Waals surface area contributed by atoms with Crippen LogP contribution in [0.3, 0.4) is 0 Å². The normalized spacial score (nSPS) is 26.7. The first kappa shape index (κ1) is 14.1. The summed E-state index contributed by atoms with van der Waals surface area (Å²) in [6.07, 6.45) is -1.05. The maximum absolute atomic E-state index is 13.5. The van der Waals surface area contributed by atoms with Crippen LogP contribution in [0.15, 0.2) is 18.2 Å². The Morgan fingerprint density at radius 3 is 2.95 bits per heavy atom. The number of nitrogens with zero attached hydrogens (tertiary/aromatic N) is 1. The molecule has 114 valence electrons. The summed E-state index contributed by atoms with van der Waals surface area (Å²) < 4.78 is 19.0. The van der Waals surface area contributed by atoms with Crippen LogP contribution in [-0.4, -0.2) is 43.0 Å². The summed E-state index contributed by atoms with van der Waals surface area (Å²) in [6, 6.07) is 4.46. The molecule has 1 fully saturated rings. The van der Waals surface area contributed by atoms with Crippen LogP contribution in [-0.2, 0) is 10.2 Å². The third-order valence-corrected chi connectivity index (χ3v) is 4.32. The minimum atomic E-state index is -1.05. The summed E-state index contributed by atoms with van der Waals surface area (Å²) in [7, 11) is 0. The molecule has 2 N–H and O–H groups in total. The number of nitrogens with one attached hydrogen (secondary N) is 1. The minimum absolute atomic E-state index is 0.0629. The van der Waals surface area contributed by atoms with Crippen molar-refractivity contribution in [1.82, 2.24) is 5.32 Å². The minimum Gasteiger partial charge on any atom is -0.465 e. The lowest BCUT2D eigenvalue weighted by Crippen LogP contribution is -2.51. The number of ether oxygens (including phenoxy) is 1. The molecule has 0 aromatic heterocycles. The predicted molar refractivity (Wildman–Crippen MR) is 76.3 cm³/mol. The van der Waals surface area contributed by atoms with Gasteiger partial charge in [0.05, 0.1) is 25.3 Å². The van der Waals surface area contributed by atoms with Gasteiger partial charge in [-0.15, -0.1) is 0 Å². The van der Waals surface area contributed by atoms with Gasteiger partial charge in [0.2, 0.25) is 0 Å². The van der Waals surface area contributed by atoms with Crippen molar-refractivity contribution in [3.63, 3.8) is 0 Å². The third kappa shape index (κ3) is 2.44. The molecule has 0 unspecified atom stereocenters. The first-order valence-corrected chi connectivity index (χ1v) is 7.02. The topological polar surface area (TPSA) is 61.8 Å². The first-order chi connectivity index (χ1) is 9.88. The van der Waals surface area contributed by atoms with E-state index < -0.39 is 6.09 Å². The van der Waals surface area contributed by atoms with E-state index in [1.54, 1.807) is 12.1 Å². The number of amides is 1. The second kappa shape index (κ2) is 4.87. The zero-order chi connectivity index (χ0) is 15.2. The Hall–Kier alpha value is -1.82. The van der Waals surface area contributed by atoms with Gasteiger partial charge in [-0.2, -0.15) is 0 Å². The van der Waals surface area contributed by atoms with Crippen molar-refractivity contribution in [2.45, 2.75) is 31.3 Å². The van der Waals surface area contributed by atoms with Crippen molar-refractivity contribution in [1.29, 1.82) is 0 Å². The molecule has 1 aromatic carbocycles. The molecule has 2 aliphatic rings. The Kier molecular flexibility index (Phi) is 3.28. The number of rotatable bonds is 2. The maximum Gasteiger partial charge on any atom is 0.405 e. The fourth-order valence-electron chi connectivity index (χ4n) is 3.34. The van der Waals surface area contributed by atoms with E-state index in [-0.39, 0.29) is 23.3 Å². The van der Waals surface area contributed by atoms with Gasteiger partial charge in [-0.1, -0.05) is 13.8 Å². The fraction of sp³-hybridized carbons (Fsp3) is 0.533. The number of hydrogen-bond acceptors (Lipinski definition) is 3. The van der Waals surface area contributed by atoms with E-state index in [4.69, 9.17) is 9.84 Å². The van der Waals surface area contributed by atoms with Crippen molar-refractivity contribution >= 4 is 11.8 Å². The second-order valence-corrected chi connectivity index (χ2v) is 6.33. The molecule has 2 heterocycles. The number of halogens is 1. The molecule has 0 aliphatic carbocycles. The summed E-state index contributed by atoms with van der Waals surface area (Å²) >= 11 is 0. The number of hydrogen-bond donors (Lipinski definition) is 2. The molecule has 3 rings (SSSR count). The van der Waals surface area contributed by atoms with Crippen LogP contribution in [0.25, 0.3) is 0 Å². The Bertz CT molecular complexity index is 576. The molecule has 0 spiro atoms. The zero-order valence-electron chi connectivity index (χ0n) is 12.1. The zero-order valence-corrected chi connectivity index (χ0v) is 12.1. The van der Waals surface area contributed by atoms with Gasteiger partial charge >= 0.3 is 6.09 Å². The van der Waals surface area contributed by atoms with Crippen molar-refractivity contribution in [3.05, 3.63) is 29.6 Å². The van der Waals surface area contributed by atoms with Gasteiger partial charge in [-0.3, -0.25) is 0 Å². The highest BCUT2D eigenvalue weighted by Gasteiger charge is 2.43. The van der Waals surface area contributed by atoms with Crippen molar-refractivity contribution in [2.24, 2.45) is 0 Å². The Labute approximate surface area is 122 Å². The molecule has 2 atom stereocenters. The Morgan fingerprint density at radius 1 is 1.48 bits per heavy atom. The van der Waals surface area contributed by atoms with Crippen LogP contribution < -0.4 is 10.2 Å². The lowest BCUT2D eigenvalue weighted by atomic mass is 9.87. The van der Waals surface area contributed by atoms with Crippen LogP contribution in [0, 0.1) is 5.82 Å². The van der Waals surface area contributed by atoms with Crippen molar-refractivity contribution < 1.29 is 19.0 Å². The highest BCUT2D eigenvalue weighted by molar-refractivity contribution is 5.66. The van der Waals surface area contributed by atoms with Gasteiger partial charge in [0.1, 0.15) is 5.82 Å². The standard InChI is InChI=1S/C15H19FN2O3/c1-15(2)8-18(12-4-3-9(16)5-10(12)15)13-7-21-6-11(13)17-14(19)20/h3-5,11,13,17H,6-8H2,1-2H3,(H,19,20)/t11-,13-/m0/s1. The molecule has 1 amide bonds. The quantitative estimate of drug-likeness (QED) is 0.875. The van der Waals surface area contributed by atoms with Crippen LogP contribution in [0.4, 0.5) is 14.9 Å². The molecule has 6 heteroatoms. The number of benzene rings is 1. The molecule has 0 bridgehead atoms. The van der Waals surface area contributed by atoms with E-state index in [0.29, 0.717) is 13.2 Å². The SMILES string of the molecule is CC1(C)CN([C@H]2COC[C@@H]2NC(=O)O)c2ccc(F)cc21. The van der Waals surface area contributed by atoms with E-state index in [9.17, 15) is 9.18 Å². The summed E-state index contributed by atoms with van der Waals surface area (Å²) in [5.41, 5.74) is 1.76. The lowest BCUT2D eigenvalue weighted by molar-refractivity contribution is 0.175. The molecule has 21 heavy (non-hydrogen) atoms. The average molecular weight is 294 g/mol. The van der Waals surface area contributed by atoms with Crippen LogP contribution in [0.5, 0.6) is 0 Å². The number of carboxylic acid groups (broad SMARTS) is 1. The van der Waals surface area contributed by atoms with E-state index in [1.165, 1.54) is 6.07 Å². The van der Waals surface area contributed by atoms with Gasteiger partial charge in [0, 0.05) is 17.6 Å². The highest BCUT2D eigenvalue weighted by atomic mass is 19.1. The molecule has 1 aromatic rings. The first-order valence-electron chi connectivity index (χ1n) is 7.02. The third-order valence-electron chi connectivity index (χ3n) is 4.32. The predicted octanol–water partition coefficient (Wildman–Crippen LogP) is 1.96. The van der Waals surface area contributed by atoms with Crippen molar-refractivity contribution in [2.75, 3.05) is 24.7 Å². The van der Waals surface area contributed by atoms with Gasteiger partial charge in [0.25, 0.3) is 0 Å². The van der Waals surface area contributed by atoms with E-state index in [0.717, 1.165) is 17.8 Å². The van der Waals surface area contributed by atoms with Gasteiger partial charge in [0.15, 0.2) is 0 Å². The van der Waals surface area contributed by atoms with Crippen LogP contribution in [0.1, 0.15) is 19.4 Å². The molecular formula is C15H19FN2O3. The lowest BCUT2D eigenvalue weighted by Gasteiger charge is -2.31. The second-order valence-electron chi connectivity index (χ2n) is 6.33. The van der Waals surface area contributed by atoms with Crippen LogP contribution in [0.2, 0.25) is 0 Å². The maximum atomic E-state index is 13.5. The summed E-state index contributed by atoms with van der Waals surface area (Å²) in [5.74, 6) is -0.244. The average Bonchev–Trinajstić information content (AvgIpc) is 2.92. The van der Waals surface area contributed by atoms with E-state index in [2.05, 4.69) is 24.1 Å². The summed E-state index contributed by atoms with van der Waals surface area (Å²) in [4.78, 5) is 13.0. The highest BCUT2D eigenvalue weighted by Crippen LogP contribution is 2.42. The number of fused-ring (bicyclic) bond motifs is 1. The molecule has 0 radical (unpaired) electrons. The molecule has 0 saturated carbocycles. The molecule has 1 saturated heterocycles. The fourth-order valence-corrected chi connectivity index (χ4v) is 3.34. The van der Waals surface area contributed by atoms with Crippen molar-refractivity contribution in [3.8, 4) is 0 Å². The summed E-state index contributed by atoms with van der Waals surface area (Å²) in [5, 5.41) is 11.4. The molecular weight excluding hydrogens is 275 g/mol. The largest absolute Gasteiger partial charge is 0.465 e. The van der Waals surface area contributed by atoms with Gasteiger partial charge in [-0.05, 0) is 23.8 Å². The van der Waals surface area contributed by atoms with Crippen LogP contribution >= 0.6 is 0 Å². The smallest absolute Gasteiger partial charge is 0.405 e. The number of anilines is 1. The Morgan fingerprint density at radius 2 is 2.24 bits per heavy atom. The van der Waals surface area contributed by atoms with E-state index >= 15 is 0 Å². The molecule has 2 aliphatic heterocycles. The van der Waals surface area contributed by atoms with Gasteiger partial charge in [-0.25, -0.2) is 9.18 Å². The Balaban J connectivity index is 1.92. The van der Waals surface area contributed by atoms with E-state index in [1.807, 2.05) is 0 Å². The van der Waals surface area contributed by atoms with Gasteiger partial charge < -0.3 is 20.1 Å².